The Hall–Kier alpha value is 0.160. The van der Waals surface area contributed by atoms with E-state index in [1.807, 2.05) is 6.92 Å². The lowest BCUT2D eigenvalue weighted by atomic mass is 10.3. The summed E-state index contributed by atoms with van der Waals surface area (Å²) in [6.45, 7) is 2.00. The van der Waals surface area contributed by atoms with Crippen LogP contribution >= 0.6 is 38.5 Å². The van der Waals surface area contributed by atoms with E-state index >= 15 is 0 Å². The quantitative estimate of drug-likeness (QED) is 0.747. The molecule has 0 fully saturated rings. The second-order valence-electron chi connectivity index (χ2n) is 1.95. The highest BCUT2D eigenvalue weighted by Gasteiger charge is 2.03. The molecule has 0 saturated heterocycles. The fourth-order valence-electron chi connectivity index (χ4n) is 0.565. The molecule has 0 radical (unpaired) electrons. The van der Waals surface area contributed by atoms with Crippen LogP contribution in [-0.2, 0) is 0 Å². The second-order valence-corrected chi connectivity index (χ2v) is 3.83. The molecular weight excluding hydrogens is 307 g/mol. The Morgan fingerprint density at radius 3 is 2.80 bits per heavy atom. The van der Waals surface area contributed by atoms with Crippen molar-refractivity contribution in [3.8, 4) is 0 Å². The summed E-state index contributed by atoms with van der Waals surface area (Å²) in [6.07, 6.45) is 1.77. The van der Waals surface area contributed by atoms with Crippen molar-refractivity contribution in [1.29, 1.82) is 0 Å². The molecule has 1 aromatic heterocycles. The molecule has 0 aromatic carbocycles. The van der Waals surface area contributed by atoms with Gasteiger partial charge >= 0.3 is 0 Å². The van der Waals surface area contributed by atoms with Crippen molar-refractivity contribution in [2.45, 2.75) is 6.92 Å². The maximum Gasteiger partial charge on any atom is 0.138 e. The molecule has 54 valence electrons. The number of hydrogen-bond acceptors (Lipinski definition) is 2. The molecule has 2 N–H and O–H groups in total. The van der Waals surface area contributed by atoms with Crippen LogP contribution in [0.4, 0.5) is 5.82 Å². The summed E-state index contributed by atoms with van der Waals surface area (Å²) >= 11 is 5.56. The third kappa shape index (κ3) is 1.42. The van der Waals surface area contributed by atoms with Crippen molar-refractivity contribution in [1.82, 2.24) is 4.98 Å². The van der Waals surface area contributed by atoms with Gasteiger partial charge in [-0.1, -0.05) is 0 Å². The van der Waals surface area contributed by atoms with Crippen LogP contribution in [0.1, 0.15) is 5.56 Å². The van der Waals surface area contributed by atoms with Gasteiger partial charge in [0, 0.05) is 9.77 Å². The Balaban J connectivity index is 3.34. The van der Waals surface area contributed by atoms with Crippen molar-refractivity contribution >= 4 is 44.3 Å². The Morgan fingerprint density at radius 1 is 1.70 bits per heavy atom. The molecule has 1 heterocycles. The number of rotatable bonds is 0. The zero-order valence-corrected chi connectivity index (χ0v) is 9.10. The maximum absolute atomic E-state index is 5.53. The molecule has 0 aliphatic rings. The van der Waals surface area contributed by atoms with Gasteiger partial charge in [-0.3, -0.25) is 0 Å². The zero-order chi connectivity index (χ0) is 7.72. The number of hydrogen-bond donors (Lipinski definition) is 1. The summed E-state index contributed by atoms with van der Waals surface area (Å²) in [4.78, 5) is 3.97. The summed E-state index contributed by atoms with van der Waals surface area (Å²) in [5.41, 5.74) is 6.67. The van der Waals surface area contributed by atoms with Crippen LogP contribution in [0.2, 0.25) is 0 Å². The predicted molar refractivity (Wildman–Crippen MR) is 53.8 cm³/mol. The van der Waals surface area contributed by atoms with Crippen molar-refractivity contribution < 1.29 is 0 Å². The number of pyridine rings is 1. The smallest absolute Gasteiger partial charge is 0.138 e. The molecule has 0 aliphatic heterocycles. The number of nitrogens with zero attached hydrogens (tertiary/aromatic N) is 1. The summed E-state index contributed by atoms with van der Waals surface area (Å²) in [5, 5.41) is 0. The van der Waals surface area contributed by atoms with Gasteiger partial charge in [-0.2, -0.15) is 0 Å². The average Bonchev–Trinajstić information content (AvgIpc) is 1.93. The van der Waals surface area contributed by atoms with Crippen LogP contribution in [0, 0.1) is 10.5 Å². The van der Waals surface area contributed by atoms with E-state index in [1.54, 1.807) is 6.20 Å². The first-order chi connectivity index (χ1) is 4.63. The Labute approximate surface area is 81.5 Å². The van der Waals surface area contributed by atoms with Crippen LogP contribution in [0.5, 0.6) is 0 Å². The van der Waals surface area contributed by atoms with E-state index in [1.165, 1.54) is 0 Å². The van der Waals surface area contributed by atoms with Crippen LogP contribution in [0.3, 0.4) is 0 Å². The number of nitrogens with two attached hydrogens (primary N) is 1. The number of nitrogen functional groups attached to an aromatic ring is 1. The molecule has 0 atom stereocenters. The summed E-state index contributed by atoms with van der Waals surface area (Å²) in [6, 6.07) is 0. The lowest BCUT2D eigenvalue weighted by molar-refractivity contribution is 1.24. The van der Waals surface area contributed by atoms with E-state index in [-0.39, 0.29) is 0 Å². The summed E-state index contributed by atoms with van der Waals surface area (Å²) in [7, 11) is 0. The molecule has 1 rings (SSSR count). The lowest BCUT2D eigenvalue weighted by Gasteiger charge is -2.01. The van der Waals surface area contributed by atoms with Crippen LogP contribution in [0.15, 0.2) is 10.7 Å². The first-order valence-corrected chi connectivity index (χ1v) is 4.56. The van der Waals surface area contributed by atoms with Gasteiger partial charge in [-0.25, -0.2) is 4.98 Å². The molecule has 0 amide bonds. The molecule has 0 saturated carbocycles. The van der Waals surface area contributed by atoms with Gasteiger partial charge in [-0.05, 0) is 51.0 Å². The second kappa shape index (κ2) is 3.04. The van der Waals surface area contributed by atoms with Crippen molar-refractivity contribution in [3.63, 3.8) is 0 Å². The molecule has 2 nitrogen and oxygen atoms in total. The Kier molecular flexibility index (Phi) is 2.51. The van der Waals surface area contributed by atoms with E-state index in [9.17, 15) is 0 Å². The summed E-state index contributed by atoms with van der Waals surface area (Å²) in [5.74, 6) is 0.551. The highest BCUT2D eigenvalue weighted by Crippen LogP contribution is 2.25. The largest absolute Gasteiger partial charge is 0.383 e. The fourth-order valence-corrected chi connectivity index (χ4v) is 1.40. The Morgan fingerprint density at radius 2 is 2.30 bits per heavy atom. The molecule has 0 bridgehead atoms. The highest BCUT2D eigenvalue weighted by molar-refractivity contribution is 14.1. The van der Waals surface area contributed by atoms with E-state index in [2.05, 4.69) is 43.5 Å². The standard InChI is InChI=1S/C6H6BrIN2/c1-3-2-10-6(9)4(7)5(3)8/h2H,1H3,(H2,9,10). The number of anilines is 1. The minimum Gasteiger partial charge on any atom is -0.383 e. The number of aryl methyl sites for hydroxylation is 1. The molecule has 0 aliphatic carbocycles. The van der Waals surface area contributed by atoms with Gasteiger partial charge in [0.15, 0.2) is 0 Å². The SMILES string of the molecule is Cc1cnc(N)c(Br)c1I. The summed E-state index contributed by atoms with van der Waals surface area (Å²) < 4.78 is 2.03. The van der Waals surface area contributed by atoms with Gasteiger partial charge in [0.05, 0.1) is 4.47 Å². The molecule has 0 unspecified atom stereocenters. The van der Waals surface area contributed by atoms with E-state index in [0.717, 1.165) is 13.6 Å². The zero-order valence-electron chi connectivity index (χ0n) is 5.36. The topological polar surface area (TPSA) is 38.9 Å². The van der Waals surface area contributed by atoms with Crippen LogP contribution in [-0.4, -0.2) is 4.98 Å². The minimum absolute atomic E-state index is 0.551. The number of halogens is 2. The van der Waals surface area contributed by atoms with Crippen LogP contribution < -0.4 is 5.73 Å². The fraction of sp³-hybridized carbons (Fsp3) is 0.167. The van der Waals surface area contributed by atoms with Gasteiger partial charge in [0.2, 0.25) is 0 Å². The van der Waals surface area contributed by atoms with Gasteiger partial charge in [0.25, 0.3) is 0 Å². The predicted octanol–water partition coefficient (Wildman–Crippen LogP) is 2.34. The van der Waals surface area contributed by atoms with E-state index in [0.29, 0.717) is 5.82 Å². The molecule has 0 spiro atoms. The van der Waals surface area contributed by atoms with Crippen molar-refractivity contribution in [3.05, 3.63) is 19.8 Å². The van der Waals surface area contributed by atoms with E-state index < -0.39 is 0 Å². The maximum atomic E-state index is 5.53. The monoisotopic (exact) mass is 312 g/mol. The normalized spacial score (nSPS) is 9.90. The minimum atomic E-state index is 0.551. The van der Waals surface area contributed by atoms with Crippen molar-refractivity contribution in [2.24, 2.45) is 0 Å². The highest BCUT2D eigenvalue weighted by atomic mass is 127. The molecular formula is C6H6BrIN2. The van der Waals surface area contributed by atoms with Gasteiger partial charge in [-0.15, -0.1) is 0 Å². The molecule has 4 heteroatoms. The molecule has 10 heavy (non-hydrogen) atoms. The van der Waals surface area contributed by atoms with Crippen LogP contribution in [0.25, 0.3) is 0 Å². The van der Waals surface area contributed by atoms with Gasteiger partial charge < -0.3 is 5.73 Å². The molecule has 1 aromatic rings. The lowest BCUT2D eigenvalue weighted by Crippen LogP contribution is -1.94. The first kappa shape index (κ1) is 8.26. The third-order valence-electron chi connectivity index (χ3n) is 1.16. The Bertz CT molecular complexity index is 235. The van der Waals surface area contributed by atoms with Gasteiger partial charge in [0.1, 0.15) is 5.82 Å². The third-order valence-corrected chi connectivity index (χ3v) is 4.10. The number of aromatic nitrogens is 1. The van der Waals surface area contributed by atoms with E-state index in [4.69, 9.17) is 5.73 Å². The first-order valence-electron chi connectivity index (χ1n) is 2.69. The van der Waals surface area contributed by atoms with Crippen molar-refractivity contribution in [2.75, 3.05) is 5.73 Å². The average molecular weight is 313 g/mol.